The van der Waals surface area contributed by atoms with E-state index in [0.29, 0.717) is 5.92 Å². The third-order valence-electron chi connectivity index (χ3n) is 10.6. The second kappa shape index (κ2) is 11.2. The number of benzene rings is 8. The van der Waals surface area contributed by atoms with Gasteiger partial charge in [-0.1, -0.05) is 140 Å². The van der Waals surface area contributed by atoms with Crippen molar-refractivity contribution in [1.82, 2.24) is 4.57 Å². The molecule has 0 amide bonds. The normalized spacial score (nSPS) is 14.5. The van der Waals surface area contributed by atoms with E-state index >= 15 is 0 Å². The van der Waals surface area contributed by atoms with Gasteiger partial charge in [-0.25, -0.2) is 0 Å². The lowest BCUT2D eigenvalue weighted by Gasteiger charge is -2.37. The van der Waals surface area contributed by atoms with Gasteiger partial charge in [-0.05, 0) is 81.2 Å². The number of anilines is 2. The van der Waals surface area contributed by atoms with Gasteiger partial charge >= 0.3 is 0 Å². The molecule has 9 aromatic rings. The van der Waals surface area contributed by atoms with Crippen LogP contribution in [-0.4, -0.2) is 11.1 Å². The lowest BCUT2D eigenvalue weighted by atomic mass is 9.84. The van der Waals surface area contributed by atoms with E-state index in [1.54, 1.807) is 0 Å². The van der Waals surface area contributed by atoms with Gasteiger partial charge in [0.05, 0.1) is 11.0 Å². The molecule has 2 nitrogen and oxygen atoms in total. The Morgan fingerprint density at radius 2 is 1.14 bits per heavy atom. The molecule has 0 aliphatic carbocycles. The predicted molar refractivity (Wildman–Crippen MR) is 208 cm³/mol. The summed E-state index contributed by atoms with van der Waals surface area (Å²) in [5.41, 5.74) is 11.5. The first-order valence-corrected chi connectivity index (χ1v) is 17.3. The molecule has 1 aliphatic heterocycles. The van der Waals surface area contributed by atoms with Crippen molar-refractivity contribution in [2.75, 3.05) is 11.4 Å². The van der Waals surface area contributed by atoms with Crippen LogP contribution in [0.4, 0.5) is 11.4 Å². The van der Waals surface area contributed by atoms with E-state index < -0.39 is 0 Å². The first-order chi connectivity index (χ1) is 24.3. The maximum Gasteiger partial charge on any atom is 0.0547 e. The number of hydrogen-bond acceptors (Lipinski definition) is 1. The summed E-state index contributed by atoms with van der Waals surface area (Å²) >= 11 is 0. The summed E-state index contributed by atoms with van der Waals surface area (Å²) < 4.78 is 2.42. The van der Waals surface area contributed by atoms with Gasteiger partial charge in [-0.2, -0.15) is 0 Å². The molecular formula is C47H34N2. The topological polar surface area (TPSA) is 8.17 Å². The smallest absolute Gasteiger partial charge is 0.0547 e. The average Bonchev–Trinajstić information content (AvgIpc) is 3.52. The maximum atomic E-state index is 2.54. The number of para-hydroxylation sites is 2. The lowest BCUT2D eigenvalue weighted by Crippen LogP contribution is -2.27. The fraction of sp³-hybridized carbons (Fsp3) is 0.0638. The minimum absolute atomic E-state index is 0.408. The Morgan fingerprint density at radius 3 is 2.00 bits per heavy atom. The summed E-state index contributed by atoms with van der Waals surface area (Å²) in [6, 6.07) is 64.7. The summed E-state index contributed by atoms with van der Waals surface area (Å²) in [6.45, 7) is 0.975. The fourth-order valence-electron chi connectivity index (χ4n) is 8.42. The quantitative estimate of drug-likeness (QED) is 0.189. The highest BCUT2D eigenvalue weighted by molar-refractivity contribution is 6.21. The van der Waals surface area contributed by atoms with Crippen molar-refractivity contribution >= 4 is 54.7 Å². The highest BCUT2D eigenvalue weighted by atomic mass is 15.1. The third-order valence-corrected chi connectivity index (χ3v) is 10.6. The Kier molecular flexibility index (Phi) is 6.41. The van der Waals surface area contributed by atoms with Gasteiger partial charge in [0, 0.05) is 45.7 Å². The minimum Gasteiger partial charge on any atom is -0.341 e. The summed E-state index contributed by atoms with van der Waals surface area (Å²) in [5.74, 6) is 0.408. The molecule has 2 heterocycles. The molecule has 49 heavy (non-hydrogen) atoms. The first-order valence-electron chi connectivity index (χ1n) is 17.3. The second-order valence-corrected chi connectivity index (χ2v) is 13.2. The summed E-state index contributed by atoms with van der Waals surface area (Å²) in [5, 5.41) is 7.73. The van der Waals surface area contributed by atoms with Gasteiger partial charge in [-0.15, -0.1) is 0 Å². The van der Waals surface area contributed by atoms with E-state index in [1.807, 2.05) is 0 Å². The van der Waals surface area contributed by atoms with E-state index in [-0.39, 0.29) is 0 Å². The molecule has 8 aromatic carbocycles. The first kappa shape index (κ1) is 27.9. The summed E-state index contributed by atoms with van der Waals surface area (Å²) in [4.78, 5) is 2.54. The number of nitrogens with zero attached hydrogens (tertiary/aromatic N) is 2. The molecule has 0 N–H and O–H groups in total. The largest absolute Gasteiger partial charge is 0.341 e. The van der Waals surface area contributed by atoms with Gasteiger partial charge in [0.25, 0.3) is 0 Å². The van der Waals surface area contributed by atoms with Crippen LogP contribution in [0.3, 0.4) is 0 Å². The van der Waals surface area contributed by atoms with Gasteiger partial charge in [0.2, 0.25) is 0 Å². The van der Waals surface area contributed by atoms with Crippen LogP contribution in [0.1, 0.15) is 23.5 Å². The molecule has 0 saturated heterocycles. The lowest BCUT2D eigenvalue weighted by molar-refractivity contribution is 0.681. The Labute approximate surface area is 286 Å². The van der Waals surface area contributed by atoms with Crippen molar-refractivity contribution < 1.29 is 0 Å². The molecule has 2 heteroatoms. The molecule has 0 bridgehead atoms. The highest BCUT2D eigenvalue weighted by Crippen LogP contribution is 2.45. The average molecular weight is 627 g/mol. The van der Waals surface area contributed by atoms with Crippen molar-refractivity contribution in [1.29, 1.82) is 0 Å². The Balaban J connectivity index is 1.07. The maximum absolute atomic E-state index is 2.54. The van der Waals surface area contributed by atoms with Crippen molar-refractivity contribution in [3.8, 4) is 16.8 Å². The Hall–Kier alpha value is -6.12. The summed E-state index contributed by atoms with van der Waals surface area (Å²) in [6.07, 6.45) is 1.08. The van der Waals surface area contributed by atoms with Crippen LogP contribution >= 0.6 is 0 Å². The van der Waals surface area contributed by atoms with Gasteiger partial charge in [0.1, 0.15) is 0 Å². The van der Waals surface area contributed by atoms with Crippen LogP contribution < -0.4 is 4.90 Å². The van der Waals surface area contributed by atoms with E-state index in [1.165, 1.54) is 82.7 Å². The van der Waals surface area contributed by atoms with Crippen molar-refractivity contribution in [3.05, 3.63) is 187 Å². The van der Waals surface area contributed by atoms with E-state index in [0.717, 1.165) is 13.0 Å². The zero-order valence-corrected chi connectivity index (χ0v) is 27.1. The fourth-order valence-corrected chi connectivity index (χ4v) is 8.42. The molecule has 1 unspecified atom stereocenters. The molecule has 0 spiro atoms. The molecule has 10 rings (SSSR count). The molecule has 0 fully saturated rings. The van der Waals surface area contributed by atoms with Crippen LogP contribution in [0, 0.1) is 0 Å². The van der Waals surface area contributed by atoms with E-state index in [9.17, 15) is 0 Å². The molecule has 0 saturated carbocycles. The Bertz CT molecular complexity index is 2670. The van der Waals surface area contributed by atoms with Crippen LogP contribution in [0.25, 0.3) is 60.2 Å². The predicted octanol–water partition coefficient (Wildman–Crippen LogP) is 12.4. The van der Waals surface area contributed by atoms with Crippen LogP contribution in [0.2, 0.25) is 0 Å². The van der Waals surface area contributed by atoms with Crippen molar-refractivity contribution in [2.45, 2.75) is 12.3 Å². The zero-order valence-electron chi connectivity index (χ0n) is 27.1. The standard InChI is InChI=1S/C47H34N2/c1-2-12-32(13-3-1)37-30-31-48(43-20-10-8-17-40(37)43)44-29-27-36(39-16-6-7-18-41(39)44)34-22-25-35(26-23-34)49-45-21-11-9-19-42(45)47-38-15-5-4-14-33(38)24-28-46(47)49/h1-29,37H,30-31H2. The number of aromatic nitrogens is 1. The third kappa shape index (κ3) is 4.41. The molecule has 0 radical (unpaired) electrons. The monoisotopic (exact) mass is 626 g/mol. The number of rotatable bonds is 4. The minimum atomic E-state index is 0.408. The van der Waals surface area contributed by atoms with Gasteiger partial charge in [-0.3, -0.25) is 0 Å². The van der Waals surface area contributed by atoms with E-state index in [4.69, 9.17) is 0 Å². The van der Waals surface area contributed by atoms with Gasteiger partial charge < -0.3 is 9.47 Å². The SMILES string of the molecule is c1ccc(C2CCN(c3ccc(-c4ccc(-n5c6ccccc6c6c7ccccc7ccc65)cc4)c4ccccc34)c3ccccc32)cc1. The van der Waals surface area contributed by atoms with Crippen LogP contribution in [0.5, 0.6) is 0 Å². The zero-order chi connectivity index (χ0) is 32.3. The highest BCUT2D eigenvalue weighted by Gasteiger charge is 2.28. The molecule has 1 aromatic heterocycles. The molecule has 232 valence electrons. The van der Waals surface area contributed by atoms with Crippen LogP contribution in [-0.2, 0) is 0 Å². The molecular weight excluding hydrogens is 593 g/mol. The molecule has 1 aliphatic rings. The summed E-state index contributed by atoms with van der Waals surface area (Å²) in [7, 11) is 0. The number of fused-ring (bicyclic) bond motifs is 7. The van der Waals surface area contributed by atoms with Crippen molar-refractivity contribution in [3.63, 3.8) is 0 Å². The van der Waals surface area contributed by atoms with Gasteiger partial charge in [0.15, 0.2) is 0 Å². The van der Waals surface area contributed by atoms with Crippen LogP contribution in [0.15, 0.2) is 176 Å². The van der Waals surface area contributed by atoms with Crippen molar-refractivity contribution in [2.24, 2.45) is 0 Å². The second-order valence-electron chi connectivity index (χ2n) is 13.2. The number of hydrogen-bond donors (Lipinski definition) is 0. The Morgan fingerprint density at radius 1 is 0.449 bits per heavy atom. The van der Waals surface area contributed by atoms with E-state index in [2.05, 4.69) is 185 Å². The molecule has 1 atom stereocenters.